The van der Waals surface area contributed by atoms with E-state index in [9.17, 15) is 8.42 Å². The maximum atomic E-state index is 12.4. The summed E-state index contributed by atoms with van der Waals surface area (Å²) >= 11 is 1.47. The van der Waals surface area contributed by atoms with E-state index in [1.165, 1.54) is 15.6 Å². The Hall–Kier alpha value is -0.430. The summed E-state index contributed by atoms with van der Waals surface area (Å²) in [6.45, 7) is 5.34. The summed E-state index contributed by atoms with van der Waals surface area (Å²) in [7, 11) is 0.129. The first-order valence-electron chi connectivity index (χ1n) is 6.07. The van der Waals surface area contributed by atoms with Crippen LogP contribution in [0.4, 0.5) is 0 Å². The SMILES string of the molecule is CNCc1sccc1S(=O)(=O)N(C)CCC(C)C. The van der Waals surface area contributed by atoms with E-state index in [2.05, 4.69) is 19.2 Å². The molecule has 0 bridgehead atoms. The van der Waals surface area contributed by atoms with E-state index in [1.807, 2.05) is 12.4 Å². The molecular weight excluding hydrogens is 268 g/mol. The van der Waals surface area contributed by atoms with Gasteiger partial charge < -0.3 is 5.32 Å². The Morgan fingerprint density at radius 1 is 1.44 bits per heavy atom. The first kappa shape index (κ1) is 15.6. The third-order valence-electron chi connectivity index (χ3n) is 2.75. The molecule has 0 fully saturated rings. The van der Waals surface area contributed by atoms with Gasteiger partial charge in [0.25, 0.3) is 0 Å². The third-order valence-corrected chi connectivity index (χ3v) is 5.74. The molecule has 104 valence electrons. The summed E-state index contributed by atoms with van der Waals surface area (Å²) in [6, 6.07) is 1.69. The lowest BCUT2D eigenvalue weighted by atomic mass is 10.1. The van der Waals surface area contributed by atoms with Gasteiger partial charge in [-0.1, -0.05) is 13.8 Å². The van der Waals surface area contributed by atoms with Gasteiger partial charge >= 0.3 is 0 Å². The highest BCUT2D eigenvalue weighted by molar-refractivity contribution is 7.89. The molecule has 0 aliphatic rings. The van der Waals surface area contributed by atoms with Crippen molar-refractivity contribution in [2.75, 3.05) is 20.6 Å². The van der Waals surface area contributed by atoms with Crippen molar-refractivity contribution >= 4 is 21.4 Å². The molecule has 0 unspecified atom stereocenters. The van der Waals surface area contributed by atoms with Crippen LogP contribution in [0.3, 0.4) is 0 Å². The Morgan fingerprint density at radius 2 is 2.11 bits per heavy atom. The first-order chi connectivity index (χ1) is 8.39. The van der Waals surface area contributed by atoms with Gasteiger partial charge in [-0.05, 0) is 30.8 Å². The van der Waals surface area contributed by atoms with Gasteiger partial charge in [0.05, 0.1) is 4.90 Å². The smallest absolute Gasteiger partial charge is 0.243 e. The van der Waals surface area contributed by atoms with Crippen LogP contribution in [0.2, 0.25) is 0 Å². The van der Waals surface area contributed by atoms with Crippen LogP contribution in [0.1, 0.15) is 25.1 Å². The summed E-state index contributed by atoms with van der Waals surface area (Å²) in [4.78, 5) is 1.31. The highest BCUT2D eigenvalue weighted by atomic mass is 32.2. The fourth-order valence-corrected chi connectivity index (χ4v) is 4.18. The van der Waals surface area contributed by atoms with E-state index in [0.29, 0.717) is 23.9 Å². The van der Waals surface area contributed by atoms with Crippen molar-refractivity contribution in [1.29, 1.82) is 0 Å². The van der Waals surface area contributed by atoms with Crippen molar-refractivity contribution in [3.8, 4) is 0 Å². The quantitative estimate of drug-likeness (QED) is 0.837. The average Bonchev–Trinajstić information content (AvgIpc) is 2.75. The fraction of sp³-hybridized carbons (Fsp3) is 0.667. The summed E-state index contributed by atoms with van der Waals surface area (Å²) in [5.74, 6) is 0.502. The molecule has 0 aromatic carbocycles. The molecule has 6 heteroatoms. The van der Waals surface area contributed by atoms with E-state index in [0.717, 1.165) is 11.3 Å². The molecule has 0 atom stereocenters. The normalized spacial score (nSPS) is 12.6. The molecule has 4 nitrogen and oxygen atoms in total. The molecule has 0 spiro atoms. The van der Waals surface area contributed by atoms with E-state index in [-0.39, 0.29) is 0 Å². The maximum Gasteiger partial charge on any atom is 0.243 e. The van der Waals surface area contributed by atoms with Crippen molar-refractivity contribution in [3.05, 3.63) is 16.3 Å². The second-order valence-electron chi connectivity index (χ2n) is 4.75. The molecule has 1 N–H and O–H groups in total. The van der Waals surface area contributed by atoms with Crippen molar-refractivity contribution in [2.24, 2.45) is 5.92 Å². The van der Waals surface area contributed by atoms with Gasteiger partial charge in [0.2, 0.25) is 10.0 Å². The summed E-state index contributed by atoms with van der Waals surface area (Å²) in [5, 5.41) is 4.83. The van der Waals surface area contributed by atoms with Crippen molar-refractivity contribution < 1.29 is 8.42 Å². The van der Waals surface area contributed by atoms with Gasteiger partial charge in [0.1, 0.15) is 0 Å². The second kappa shape index (κ2) is 6.65. The molecule has 0 saturated heterocycles. The van der Waals surface area contributed by atoms with Crippen LogP contribution in [-0.4, -0.2) is 33.4 Å². The van der Waals surface area contributed by atoms with Crippen molar-refractivity contribution in [3.63, 3.8) is 0 Å². The molecule has 1 aromatic heterocycles. The molecule has 1 aromatic rings. The maximum absolute atomic E-state index is 12.4. The minimum absolute atomic E-state index is 0.438. The Morgan fingerprint density at radius 3 is 2.67 bits per heavy atom. The van der Waals surface area contributed by atoms with Crippen LogP contribution in [0.5, 0.6) is 0 Å². The number of hydrogen-bond acceptors (Lipinski definition) is 4. The molecule has 0 aliphatic carbocycles. The minimum Gasteiger partial charge on any atom is -0.315 e. The molecule has 18 heavy (non-hydrogen) atoms. The van der Waals surface area contributed by atoms with Gasteiger partial charge in [-0.25, -0.2) is 12.7 Å². The summed E-state index contributed by atoms with van der Waals surface area (Å²) < 4.78 is 26.3. The fourth-order valence-electron chi connectivity index (χ4n) is 1.58. The van der Waals surface area contributed by atoms with Crippen molar-refractivity contribution in [1.82, 2.24) is 9.62 Å². The van der Waals surface area contributed by atoms with Crippen LogP contribution < -0.4 is 5.32 Å². The number of rotatable bonds is 7. The zero-order valence-electron chi connectivity index (χ0n) is 11.4. The standard InChI is InChI=1S/C12H22N2O2S2/c1-10(2)5-7-14(4)18(15,16)12-6-8-17-11(12)9-13-3/h6,8,10,13H,5,7,9H2,1-4H3. The van der Waals surface area contributed by atoms with Gasteiger partial charge in [-0.3, -0.25) is 0 Å². The number of hydrogen-bond donors (Lipinski definition) is 1. The van der Waals surface area contributed by atoms with E-state index in [1.54, 1.807) is 13.1 Å². The van der Waals surface area contributed by atoms with E-state index in [4.69, 9.17) is 0 Å². The predicted molar refractivity (Wildman–Crippen MR) is 76.4 cm³/mol. The minimum atomic E-state index is -3.34. The van der Waals surface area contributed by atoms with Gasteiger partial charge in [0, 0.05) is 25.0 Å². The monoisotopic (exact) mass is 290 g/mol. The molecule has 0 saturated carbocycles. The van der Waals surface area contributed by atoms with Crippen LogP contribution >= 0.6 is 11.3 Å². The van der Waals surface area contributed by atoms with E-state index < -0.39 is 10.0 Å². The summed E-state index contributed by atoms with van der Waals surface area (Å²) in [5.41, 5.74) is 0. The van der Waals surface area contributed by atoms with Crippen LogP contribution in [0, 0.1) is 5.92 Å². The van der Waals surface area contributed by atoms with Gasteiger partial charge in [-0.2, -0.15) is 0 Å². The average molecular weight is 290 g/mol. The zero-order valence-corrected chi connectivity index (χ0v) is 13.1. The Labute approximate surface area is 114 Å². The lowest BCUT2D eigenvalue weighted by molar-refractivity contribution is 0.428. The third kappa shape index (κ3) is 3.78. The predicted octanol–water partition coefficient (Wildman–Crippen LogP) is 2.13. The zero-order chi connectivity index (χ0) is 13.8. The molecular formula is C12H22N2O2S2. The van der Waals surface area contributed by atoms with Crippen molar-refractivity contribution in [2.45, 2.75) is 31.7 Å². The van der Waals surface area contributed by atoms with E-state index >= 15 is 0 Å². The largest absolute Gasteiger partial charge is 0.315 e. The molecule has 0 aliphatic heterocycles. The number of thiophene rings is 1. The summed E-state index contributed by atoms with van der Waals surface area (Å²) in [6.07, 6.45) is 0.876. The Balaban J connectivity index is 2.88. The van der Waals surface area contributed by atoms with Gasteiger partial charge in [0.15, 0.2) is 0 Å². The molecule has 0 amide bonds. The second-order valence-corrected chi connectivity index (χ2v) is 7.76. The highest BCUT2D eigenvalue weighted by Crippen LogP contribution is 2.24. The lowest BCUT2D eigenvalue weighted by Crippen LogP contribution is -2.29. The Kier molecular flexibility index (Phi) is 5.78. The Bertz CT molecular complexity index is 466. The van der Waals surface area contributed by atoms with Gasteiger partial charge in [-0.15, -0.1) is 11.3 Å². The number of nitrogens with one attached hydrogen (secondary N) is 1. The first-order valence-corrected chi connectivity index (χ1v) is 8.39. The van der Waals surface area contributed by atoms with Crippen LogP contribution in [-0.2, 0) is 16.6 Å². The number of sulfonamides is 1. The molecule has 1 heterocycles. The van der Waals surface area contributed by atoms with Crippen LogP contribution in [0.25, 0.3) is 0 Å². The topological polar surface area (TPSA) is 49.4 Å². The molecule has 0 radical (unpaired) electrons. The lowest BCUT2D eigenvalue weighted by Gasteiger charge is -2.18. The van der Waals surface area contributed by atoms with Crippen LogP contribution in [0.15, 0.2) is 16.3 Å². The molecule has 1 rings (SSSR count). The highest BCUT2D eigenvalue weighted by Gasteiger charge is 2.24. The number of nitrogens with zero attached hydrogens (tertiary/aromatic N) is 1.